The van der Waals surface area contributed by atoms with E-state index in [1.807, 2.05) is 6.07 Å². The highest BCUT2D eigenvalue weighted by atomic mass is 35.5. The summed E-state index contributed by atoms with van der Waals surface area (Å²) in [5.74, 6) is 1.45. The van der Waals surface area contributed by atoms with Gasteiger partial charge in [0, 0.05) is 16.0 Å². The van der Waals surface area contributed by atoms with E-state index in [2.05, 4.69) is 23.2 Å². The topological polar surface area (TPSA) is 25.8 Å². The molecule has 1 saturated carbocycles. The van der Waals surface area contributed by atoms with Gasteiger partial charge < -0.3 is 0 Å². The largest absolute Gasteiger partial charge is 0.222 e. The summed E-state index contributed by atoms with van der Waals surface area (Å²) in [4.78, 5) is 10.5. The van der Waals surface area contributed by atoms with Gasteiger partial charge in [-0.05, 0) is 18.9 Å². The molecule has 102 valence electrons. The quantitative estimate of drug-likeness (QED) is 0.551. The lowest BCUT2D eigenvalue weighted by Crippen LogP contribution is -2.08. The van der Waals surface area contributed by atoms with Crippen LogP contribution in [-0.4, -0.2) is 9.97 Å². The van der Waals surface area contributed by atoms with Gasteiger partial charge in [-0.3, -0.25) is 0 Å². The minimum absolute atomic E-state index is 0.496. The van der Waals surface area contributed by atoms with Crippen molar-refractivity contribution in [2.24, 2.45) is 0 Å². The van der Waals surface area contributed by atoms with Gasteiger partial charge in [-0.1, -0.05) is 49.1 Å². The molecule has 0 atom stereocenters. The fourth-order valence-corrected chi connectivity index (χ4v) is 4.56. The first-order valence-electron chi connectivity index (χ1n) is 7.17. The summed E-state index contributed by atoms with van der Waals surface area (Å²) < 4.78 is 1.24. The van der Waals surface area contributed by atoms with E-state index in [0.29, 0.717) is 11.1 Å². The van der Waals surface area contributed by atoms with Crippen LogP contribution in [0.3, 0.4) is 0 Å². The van der Waals surface area contributed by atoms with Gasteiger partial charge in [-0.25, -0.2) is 9.97 Å². The molecule has 1 aromatic carbocycles. The van der Waals surface area contributed by atoms with E-state index < -0.39 is 0 Å². The molecular weight excluding hydrogens is 288 g/mol. The first kappa shape index (κ1) is 12.5. The highest BCUT2D eigenvalue weighted by Crippen LogP contribution is 2.38. The van der Waals surface area contributed by atoms with Gasteiger partial charge >= 0.3 is 0 Å². The Balaban J connectivity index is 1.91. The minimum Gasteiger partial charge on any atom is -0.222 e. The van der Waals surface area contributed by atoms with Gasteiger partial charge in [-0.15, -0.1) is 11.3 Å². The van der Waals surface area contributed by atoms with Crippen LogP contribution >= 0.6 is 22.9 Å². The third kappa shape index (κ3) is 2.00. The van der Waals surface area contributed by atoms with Crippen LogP contribution in [-0.2, 0) is 0 Å². The Hall–Kier alpha value is -1.19. The number of thiophene rings is 1. The smallest absolute Gasteiger partial charge is 0.142 e. The normalized spacial score (nSPS) is 17.1. The Bertz CT molecular complexity index is 775. The van der Waals surface area contributed by atoms with Crippen LogP contribution < -0.4 is 0 Å². The number of halogens is 1. The fourth-order valence-electron chi connectivity index (χ4n) is 3.14. The molecule has 0 saturated heterocycles. The first-order chi connectivity index (χ1) is 9.83. The maximum atomic E-state index is 6.46. The van der Waals surface area contributed by atoms with E-state index in [9.17, 15) is 0 Å². The van der Waals surface area contributed by atoms with Crippen molar-refractivity contribution >= 4 is 43.2 Å². The summed E-state index contributed by atoms with van der Waals surface area (Å²) in [5, 5.41) is 2.81. The van der Waals surface area contributed by atoms with Crippen LogP contribution in [0.25, 0.3) is 20.3 Å². The van der Waals surface area contributed by atoms with Gasteiger partial charge in [-0.2, -0.15) is 0 Å². The number of fused-ring (bicyclic) bond motifs is 3. The van der Waals surface area contributed by atoms with Crippen LogP contribution in [0.15, 0.2) is 24.3 Å². The van der Waals surface area contributed by atoms with Crippen molar-refractivity contribution in [1.29, 1.82) is 0 Å². The van der Waals surface area contributed by atoms with Gasteiger partial charge in [0.2, 0.25) is 0 Å². The number of benzene rings is 1. The van der Waals surface area contributed by atoms with Crippen LogP contribution in [0, 0.1) is 0 Å². The molecule has 0 bridgehead atoms. The van der Waals surface area contributed by atoms with Crippen molar-refractivity contribution in [3.63, 3.8) is 0 Å². The van der Waals surface area contributed by atoms with E-state index in [1.165, 1.54) is 42.2 Å². The van der Waals surface area contributed by atoms with Crippen LogP contribution in [0.5, 0.6) is 0 Å². The number of hydrogen-bond acceptors (Lipinski definition) is 3. The summed E-state index contributed by atoms with van der Waals surface area (Å²) in [6.45, 7) is 0. The Morgan fingerprint density at radius 2 is 1.85 bits per heavy atom. The molecule has 2 nitrogen and oxygen atoms in total. The zero-order valence-electron chi connectivity index (χ0n) is 11.1. The molecule has 2 heterocycles. The zero-order chi connectivity index (χ0) is 13.5. The highest BCUT2D eigenvalue weighted by Gasteiger charge is 2.21. The number of hydrogen-bond donors (Lipinski definition) is 0. The van der Waals surface area contributed by atoms with E-state index in [-0.39, 0.29) is 0 Å². The summed E-state index contributed by atoms with van der Waals surface area (Å²) in [6, 6.07) is 8.32. The lowest BCUT2D eigenvalue weighted by Gasteiger charge is -2.20. The Kier molecular flexibility index (Phi) is 3.12. The molecule has 0 unspecified atom stereocenters. The summed E-state index contributed by atoms with van der Waals surface area (Å²) >= 11 is 8.18. The average Bonchev–Trinajstić information content (AvgIpc) is 2.87. The van der Waals surface area contributed by atoms with Gasteiger partial charge in [0.25, 0.3) is 0 Å². The molecule has 3 aromatic rings. The predicted molar refractivity (Wildman–Crippen MR) is 85.8 cm³/mol. The molecule has 2 aromatic heterocycles. The maximum absolute atomic E-state index is 6.46. The van der Waals surface area contributed by atoms with Crippen molar-refractivity contribution in [1.82, 2.24) is 9.97 Å². The SMILES string of the molecule is Clc1nc(C2CCCCC2)nc2sc3ccccc3c12. The van der Waals surface area contributed by atoms with E-state index >= 15 is 0 Å². The Morgan fingerprint density at radius 3 is 2.70 bits per heavy atom. The molecule has 0 aliphatic heterocycles. The molecule has 20 heavy (non-hydrogen) atoms. The molecule has 0 radical (unpaired) electrons. The summed E-state index contributed by atoms with van der Waals surface area (Å²) in [5.41, 5.74) is 0. The van der Waals surface area contributed by atoms with E-state index in [0.717, 1.165) is 16.0 Å². The standard InChI is InChI=1S/C16H15ClN2S/c17-14-13-11-8-4-5-9-12(11)20-16(13)19-15(18-14)10-6-2-1-3-7-10/h4-5,8-10H,1-3,6-7H2. The minimum atomic E-state index is 0.496. The third-order valence-electron chi connectivity index (χ3n) is 4.18. The Labute approximate surface area is 126 Å². The van der Waals surface area contributed by atoms with Crippen molar-refractivity contribution in [2.75, 3.05) is 0 Å². The summed E-state index contributed by atoms with van der Waals surface area (Å²) in [7, 11) is 0. The van der Waals surface area contributed by atoms with Gasteiger partial charge in [0.15, 0.2) is 0 Å². The molecule has 4 heteroatoms. The second-order valence-electron chi connectivity index (χ2n) is 5.49. The van der Waals surface area contributed by atoms with Crippen LogP contribution in [0.2, 0.25) is 5.15 Å². The molecule has 1 aliphatic carbocycles. The van der Waals surface area contributed by atoms with Crippen molar-refractivity contribution in [2.45, 2.75) is 38.0 Å². The molecule has 1 aliphatic rings. The molecule has 0 N–H and O–H groups in total. The molecule has 4 rings (SSSR count). The second-order valence-corrected chi connectivity index (χ2v) is 6.87. The van der Waals surface area contributed by atoms with Crippen LogP contribution in [0.1, 0.15) is 43.8 Å². The fraction of sp³-hybridized carbons (Fsp3) is 0.375. The molecule has 1 fully saturated rings. The second kappa shape index (κ2) is 4.97. The summed E-state index contributed by atoms with van der Waals surface area (Å²) in [6.07, 6.45) is 6.32. The highest BCUT2D eigenvalue weighted by molar-refractivity contribution is 7.25. The van der Waals surface area contributed by atoms with Crippen LogP contribution in [0.4, 0.5) is 0 Å². The number of nitrogens with zero attached hydrogens (tertiary/aromatic N) is 2. The molecule has 0 amide bonds. The van der Waals surface area contributed by atoms with Crippen molar-refractivity contribution in [3.8, 4) is 0 Å². The molecule has 0 spiro atoms. The zero-order valence-corrected chi connectivity index (χ0v) is 12.7. The van der Waals surface area contributed by atoms with Gasteiger partial charge in [0.1, 0.15) is 15.8 Å². The van der Waals surface area contributed by atoms with E-state index in [4.69, 9.17) is 16.6 Å². The van der Waals surface area contributed by atoms with Crippen molar-refractivity contribution in [3.05, 3.63) is 35.2 Å². The lowest BCUT2D eigenvalue weighted by atomic mass is 9.89. The predicted octanol–water partition coefficient (Wildman–Crippen LogP) is 5.55. The van der Waals surface area contributed by atoms with E-state index in [1.54, 1.807) is 11.3 Å². The first-order valence-corrected chi connectivity index (χ1v) is 8.37. The average molecular weight is 303 g/mol. The maximum Gasteiger partial charge on any atom is 0.142 e. The third-order valence-corrected chi connectivity index (χ3v) is 5.52. The monoisotopic (exact) mass is 302 g/mol. The molecular formula is C16H15ClN2S. The van der Waals surface area contributed by atoms with Gasteiger partial charge in [0.05, 0.1) is 5.39 Å². The number of aromatic nitrogens is 2. The van der Waals surface area contributed by atoms with Crippen molar-refractivity contribution < 1.29 is 0 Å². The number of rotatable bonds is 1. The lowest BCUT2D eigenvalue weighted by molar-refractivity contribution is 0.429. The Morgan fingerprint density at radius 1 is 1.05 bits per heavy atom.